The van der Waals surface area contributed by atoms with Crippen LogP contribution in [0.25, 0.3) is 0 Å². The Balaban J connectivity index is 3.57. The van der Waals surface area contributed by atoms with Crippen LogP contribution in [0.1, 0.15) is 21.2 Å². The van der Waals surface area contributed by atoms with Gasteiger partial charge in [0, 0.05) is 12.3 Å². The second-order valence-electron chi connectivity index (χ2n) is 3.67. The summed E-state index contributed by atoms with van der Waals surface area (Å²) in [6.07, 6.45) is 0.774. The van der Waals surface area contributed by atoms with Crippen LogP contribution in [0.3, 0.4) is 0 Å². The first-order valence-electron chi connectivity index (χ1n) is 4.78. The number of carboxylic acid groups (broad SMARTS) is 1. The number of sulfone groups is 1. The molecule has 9 heteroatoms. The van der Waals surface area contributed by atoms with E-state index in [4.69, 9.17) is 10.4 Å². The molecule has 0 heterocycles. The fourth-order valence-electron chi connectivity index (χ4n) is 1.45. The van der Waals surface area contributed by atoms with Crippen molar-refractivity contribution in [3.05, 3.63) is 39.4 Å². The minimum absolute atomic E-state index is 0.347. The molecule has 0 bridgehead atoms. The fourth-order valence-corrected chi connectivity index (χ4v) is 2.30. The molecule has 0 aliphatic rings. The summed E-state index contributed by atoms with van der Waals surface area (Å²) in [5.74, 6) is -1.39. The zero-order valence-electron chi connectivity index (χ0n) is 9.60. The number of rotatable bonds is 4. The first kappa shape index (κ1) is 14.6. The van der Waals surface area contributed by atoms with Gasteiger partial charge >= 0.3 is 5.97 Å². The Morgan fingerprint density at radius 1 is 1.53 bits per heavy atom. The van der Waals surface area contributed by atoms with Crippen molar-refractivity contribution in [2.24, 2.45) is 0 Å². The molecule has 0 spiro atoms. The Kier molecular flexibility index (Phi) is 3.86. The van der Waals surface area contributed by atoms with Crippen molar-refractivity contribution in [1.29, 1.82) is 5.26 Å². The highest BCUT2D eigenvalue weighted by molar-refractivity contribution is 7.91. The normalized spacial score (nSPS) is 12.4. The number of nitro benzene ring substituents is 1. The lowest BCUT2D eigenvalue weighted by Gasteiger charge is -2.08. The predicted molar refractivity (Wildman–Crippen MR) is 63.3 cm³/mol. The Bertz CT molecular complexity index is 688. The number of carboxylic acids is 1. The fraction of sp³-hybridized carbons (Fsp3) is 0.200. The number of aromatic carboxylic acids is 1. The van der Waals surface area contributed by atoms with Crippen molar-refractivity contribution in [2.45, 2.75) is 5.25 Å². The second kappa shape index (κ2) is 5.03. The standard InChI is InChI=1S/C10H8N2O6S/c1-19(17,18)9(5-11)7-3-2-6(10(13)14)4-8(7)12(15)16/h2-4,9H,1H3,(H,13,14). The van der Waals surface area contributed by atoms with Crippen LogP contribution >= 0.6 is 0 Å². The highest BCUT2D eigenvalue weighted by atomic mass is 32.2. The molecule has 19 heavy (non-hydrogen) atoms. The van der Waals surface area contributed by atoms with E-state index in [-0.39, 0.29) is 11.1 Å². The molecule has 1 aromatic rings. The van der Waals surface area contributed by atoms with Crippen LogP contribution < -0.4 is 0 Å². The van der Waals surface area contributed by atoms with E-state index in [1.807, 2.05) is 0 Å². The Morgan fingerprint density at radius 2 is 2.11 bits per heavy atom. The van der Waals surface area contributed by atoms with E-state index in [1.54, 1.807) is 0 Å². The van der Waals surface area contributed by atoms with Gasteiger partial charge < -0.3 is 5.11 Å². The SMILES string of the molecule is CS(=O)(=O)C(C#N)c1ccc(C(=O)O)cc1[N+](=O)[O-]. The van der Waals surface area contributed by atoms with E-state index in [1.165, 1.54) is 6.07 Å². The topological polar surface area (TPSA) is 138 Å². The molecule has 0 saturated heterocycles. The van der Waals surface area contributed by atoms with Crippen LogP contribution in [0, 0.1) is 21.4 Å². The van der Waals surface area contributed by atoms with Gasteiger partial charge in [-0.1, -0.05) is 0 Å². The molecule has 0 aliphatic heterocycles. The summed E-state index contributed by atoms with van der Waals surface area (Å²) < 4.78 is 22.8. The summed E-state index contributed by atoms with van der Waals surface area (Å²) in [7, 11) is -3.87. The molecular formula is C10H8N2O6S. The molecular weight excluding hydrogens is 276 g/mol. The maximum absolute atomic E-state index is 11.4. The third-order valence-electron chi connectivity index (χ3n) is 2.30. The van der Waals surface area contributed by atoms with Gasteiger partial charge in [-0.15, -0.1) is 0 Å². The number of nitrogens with zero attached hydrogens (tertiary/aromatic N) is 2. The van der Waals surface area contributed by atoms with Gasteiger partial charge in [0.15, 0.2) is 15.1 Å². The number of hydrogen-bond acceptors (Lipinski definition) is 6. The van der Waals surface area contributed by atoms with E-state index < -0.39 is 31.7 Å². The van der Waals surface area contributed by atoms with Crippen LogP contribution in [0.5, 0.6) is 0 Å². The lowest BCUT2D eigenvalue weighted by molar-refractivity contribution is -0.385. The lowest BCUT2D eigenvalue weighted by atomic mass is 10.1. The Morgan fingerprint density at radius 3 is 2.47 bits per heavy atom. The van der Waals surface area contributed by atoms with Crippen LogP contribution in [0.2, 0.25) is 0 Å². The van der Waals surface area contributed by atoms with Crippen LogP contribution in [0.4, 0.5) is 5.69 Å². The number of nitriles is 1. The quantitative estimate of drug-likeness (QED) is 0.640. The van der Waals surface area contributed by atoms with Crippen molar-refractivity contribution >= 4 is 21.5 Å². The van der Waals surface area contributed by atoms with Gasteiger partial charge in [-0.2, -0.15) is 5.26 Å². The van der Waals surface area contributed by atoms with E-state index >= 15 is 0 Å². The molecule has 1 N–H and O–H groups in total. The molecule has 1 aromatic carbocycles. The Labute approximate surface area is 108 Å². The van der Waals surface area contributed by atoms with Crippen molar-refractivity contribution < 1.29 is 23.2 Å². The van der Waals surface area contributed by atoms with E-state index in [0.717, 1.165) is 24.5 Å². The molecule has 0 radical (unpaired) electrons. The number of nitro groups is 1. The molecule has 0 saturated carbocycles. The summed E-state index contributed by atoms with van der Waals surface area (Å²) in [4.78, 5) is 20.7. The summed E-state index contributed by atoms with van der Waals surface area (Å²) in [6, 6.07) is 4.17. The van der Waals surface area contributed by atoms with Gasteiger partial charge in [0.2, 0.25) is 0 Å². The number of benzene rings is 1. The summed E-state index contributed by atoms with van der Waals surface area (Å²) in [5, 5.41) is 26.7. The second-order valence-corrected chi connectivity index (χ2v) is 5.80. The highest BCUT2D eigenvalue weighted by Crippen LogP contribution is 2.30. The molecule has 1 rings (SSSR count). The monoisotopic (exact) mass is 284 g/mol. The van der Waals surface area contributed by atoms with Gasteiger partial charge in [-0.25, -0.2) is 13.2 Å². The van der Waals surface area contributed by atoms with Crippen molar-refractivity contribution in [2.75, 3.05) is 6.26 Å². The van der Waals surface area contributed by atoms with Gasteiger partial charge in [0.05, 0.1) is 22.1 Å². The van der Waals surface area contributed by atoms with Gasteiger partial charge in [0.1, 0.15) is 0 Å². The van der Waals surface area contributed by atoms with E-state index in [0.29, 0.717) is 0 Å². The average molecular weight is 284 g/mol. The van der Waals surface area contributed by atoms with Crippen molar-refractivity contribution in [3.63, 3.8) is 0 Å². The third kappa shape index (κ3) is 3.05. The highest BCUT2D eigenvalue weighted by Gasteiger charge is 2.30. The van der Waals surface area contributed by atoms with E-state index in [2.05, 4.69) is 0 Å². The summed E-state index contributed by atoms with van der Waals surface area (Å²) >= 11 is 0. The van der Waals surface area contributed by atoms with Crippen molar-refractivity contribution in [3.8, 4) is 6.07 Å². The molecule has 0 amide bonds. The minimum Gasteiger partial charge on any atom is -0.478 e. The van der Waals surface area contributed by atoms with Crippen LogP contribution in [-0.4, -0.2) is 30.7 Å². The predicted octanol–water partition coefficient (Wildman–Crippen LogP) is 0.902. The minimum atomic E-state index is -3.87. The average Bonchev–Trinajstić information content (AvgIpc) is 2.27. The first-order valence-corrected chi connectivity index (χ1v) is 6.74. The maximum Gasteiger partial charge on any atom is 0.335 e. The van der Waals surface area contributed by atoms with Gasteiger partial charge in [-0.3, -0.25) is 10.1 Å². The molecule has 0 fully saturated rings. The number of hydrogen-bond donors (Lipinski definition) is 1. The zero-order valence-corrected chi connectivity index (χ0v) is 10.4. The molecule has 1 atom stereocenters. The molecule has 8 nitrogen and oxygen atoms in total. The Hall–Kier alpha value is -2.47. The largest absolute Gasteiger partial charge is 0.478 e. The van der Waals surface area contributed by atoms with Gasteiger partial charge in [-0.05, 0) is 12.1 Å². The molecule has 1 unspecified atom stereocenters. The maximum atomic E-state index is 11.4. The van der Waals surface area contributed by atoms with E-state index in [9.17, 15) is 23.3 Å². The smallest absolute Gasteiger partial charge is 0.335 e. The summed E-state index contributed by atoms with van der Waals surface area (Å²) in [6.45, 7) is 0. The van der Waals surface area contributed by atoms with Crippen LogP contribution in [0.15, 0.2) is 18.2 Å². The summed E-state index contributed by atoms with van der Waals surface area (Å²) in [5.41, 5.74) is -1.42. The first-order chi connectivity index (χ1) is 8.68. The van der Waals surface area contributed by atoms with Gasteiger partial charge in [0.25, 0.3) is 5.69 Å². The van der Waals surface area contributed by atoms with Crippen molar-refractivity contribution in [1.82, 2.24) is 0 Å². The molecule has 0 aliphatic carbocycles. The zero-order chi connectivity index (χ0) is 14.8. The van der Waals surface area contributed by atoms with Crippen LogP contribution in [-0.2, 0) is 9.84 Å². The third-order valence-corrected chi connectivity index (χ3v) is 3.52. The number of carbonyl (C=O) groups is 1. The molecule has 100 valence electrons. The molecule has 0 aromatic heterocycles. The lowest BCUT2D eigenvalue weighted by Crippen LogP contribution is -2.12.